The Morgan fingerprint density at radius 3 is 2.58 bits per heavy atom. The van der Waals surface area contributed by atoms with Crippen LogP contribution in [0.2, 0.25) is 0 Å². The van der Waals surface area contributed by atoms with E-state index in [0.29, 0.717) is 5.56 Å². The fourth-order valence-corrected chi connectivity index (χ4v) is 2.30. The normalized spacial score (nSPS) is 10.8. The number of benzene rings is 1. The summed E-state index contributed by atoms with van der Waals surface area (Å²) in [6, 6.07) is 5.51. The van der Waals surface area contributed by atoms with Crippen molar-refractivity contribution in [3.8, 4) is 5.88 Å². The Balaban J connectivity index is 2.05. The maximum Gasteiger partial charge on any atom is 0.341 e. The molecule has 2 aromatic heterocycles. The van der Waals surface area contributed by atoms with Crippen molar-refractivity contribution in [2.75, 3.05) is 0 Å². The number of nitrogens with zero attached hydrogens (tertiary/aromatic N) is 3. The summed E-state index contributed by atoms with van der Waals surface area (Å²) in [6.07, 6.45) is 1.01. The van der Waals surface area contributed by atoms with Crippen LogP contribution >= 0.6 is 0 Å². The number of carboxylic acid groups (broad SMARTS) is 1. The van der Waals surface area contributed by atoms with Crippen LogP contribution in [0.1, 0.15) is 21.5 Å². The van der Waals surface area contributed by atoms with Gasteiger partial charge in [0.2, 0.25) is 5.88 Å². The van der Waals surface area contributed by atoms with Gasteiger partial charge in [0.15, 0.2) is 5.65 Å². The number of aromatic amines is 1. The van der Waals surface area contributed by atoms with Gasteiger partial charge >= 0.3 is 5.97 Å². The van der Waals surface area contributed by atoms with Crippen LogP contribution in [0.4, 0.5) is 5.69 Å². The third kappa shape index (κ3) is 2.45. The number of nitro benzene ring substituents is 1. The van der Waals surface area contributed by atoms with Gasteiger partial charge in [-0.15, -0.1) is 0 Å². The van der Waals surface area contributed by atoms with Crippen LogP contribution in [0.5, 0.6) is 5.88 Å². The predicted molar refractivity (Wildman–Crippen MR) is 80.3 cm³/mol. The molecule has 10 heteroatoms. The van der Waals surface area contributed by atoms with E-state index in [1.54, 1.807) is 0 Å². The quantitative estimate of drug-likeness (QED) is 0.475. The van der Waals surface area contributed by atoms with Crippen LogP contribution in [0.15, 0.2) is 35.3 Å². The van der Waals surface area contributed by atoms with Crippen molar-refractivity contribution < 1.29 is 19.9 Å². The summed E-state index contributed by atoms with van der Waals surface area (Å²) >= 11 is 0. The summed E-state index contributed by atoms with van der Waals surface area (Å²) in [7, 11) is 0. The number of hydrogen-bond acceptors (Lipinski definition) is 6. The average molecular weight is 330 g/mol. The molecule has 0 radical (unpaired) electrons. The third-order valence-electron chi connectivity index (χ3n) is 3.50. The number of fused-ring (bicyclic) bond motifs is 1. The third-order valence-corrected chi connectivity index (χ3v) is 3.50. The molecular weight excluding hydrogens is 320 g/mol. The fourth-order valence-electron chi connectivity index (χ4n) is 2.30. The minimum atomic E-state index is -1.29. The van der Waals surface area contributed by atoms with E-state index < -0.39 is 22.3 Å². The number of aromatic nitrogens is 3. The maximum absolute atomic E-state index is 12.1. The Kier molecular flexibility index (Phi) is 3.49. The van der Waals surface area contributed by atoms with Crippen LogP contribution in [-0.4, -0.2) is 35.7 Å². The van der Waals surface area contributed by atoms with Gasteiger partial charge in [-0.1, -0.05) is 12.1 Å². The van der Waals surface area contributed by atoms with Crippen LogP contribution in [-0.2, 0) is 6.42 Å². The van der Waals surface area contributed by atoms with Gasteiger partial charge in [-0.3, -0.25) is 14.9 Å². The molecule has 0 saturated heterocycles. The molecule has 1 aromatic carbocycles. The number of nitrogens with one attached hydrogen (secondary N) is 1. The molecule has 122 valence electrons. The Bertz CT molecular complexity index is 1020. The summed E-state index contributed by atoms with van der Waals surface area (Å²) in [6.45, 7) is 0. The number of H-pyrrole nitrogens is 1. The molecule has 0 aliphatic carbocycles. The van der Waals surface area contributed by atoms with Crippen LogP contribution < -0.4 is 5.56 Å². The number of carboxylic acids is 1. The van der Waals surface area contributed by atoms with E-state index in [4.69, 9.17) is 5.11 Å². The molecule has 0 unspecified atom stereocenters. The summed E-state index contributed by atoms with van der Waals surface area (Å²) in [5.41, 5.74) is -0.601. The van der Waals surface area contributed by atoms with Gasteiger partial charge in [-0.05, 0) is 5.56 Å². The molecule has 2 heterocycles. The number of rotatable bonds is 4. The van der Waals surface area contributed by atoms with Gasteiger partial charge in [0.05, 0.1) is 16.7 Å². The van der Waals surface area contributed by atoms with E-state index in [1.807, 2.05) is 0 Å². The molecule has 10 nitrogen and oxygen atoms in total. The van der Waals surface area contributed by atoms with Crippen molar-refractivity contribution in [3.63, 3.8) is 0 Å². The highest BCUT2D eigenvalue weighted by atomic mass is 16.6. The highest BCUT2D eigenvalue weighted by Crippen LogP contribution is 2.20. The smallest absolute Gasteiger partial charge is 0.341 e. The molecule has 24 heavy (non-hydrogen) atoms. The lowest BCUT2D eigenvalue weighted by molar-refractivity contribution is -0.384. The van der Waals surface area contributed by atoms with E-state index in [0.717, 1.165) is 10.7 Å². The van der Waals surface area contributed by atoms with Crippen molar-refractivity contribution >= 4 is 17.3 Å². The molecule has 3 rings (SSSR count). The van der Waals surface area contributed by atoms with Crippen molar-refractivity contribution in [2.45, 2.75) is 6.42 Å². The summed E-state index contributed by atoms with van der Waals surface area (Å²) in [4.78, 5) is 35.7. The molecule has 0 fully saturated rings. The molecule has 3 N–H and O–H groups in total. The molecule has 0 saturated carbocycles. The Labute approximate surface area is 132 Å². The molecule has 0 atom stereocenters. The van der Waals surface area contributed by atoms with Gasteiger partial charge in [0.1, 0.15) is 5.56 Å². The molecule has 0 aliphatic rings. The first-order valence-corrected chi connectivity index (χ1v) is 6.67. The molecule has 0 spiro atoms. The molecule has 0 amide bonds. The number of aromatic hydroxyl groups is 1. The highest BCUT2D eigenvalue weighted by Gasteiger charge is 2.19. The van der Waals surface area contributed by atoms with Crippen LogP contribution in [0, 0.1) is 10.1 Å². The Morgan fingerprint density at radius 2 is 2.00 bits per heavy atom. The zero-order chi connectivity index (χ0) is 17.4. The van der Waals surface area contributed by atoms with Crippen molar-refractivity contribution in [3.05, 3.63) is 67.6 Å². The van der Waals surface area contributed by atoms with Crippen molar-refractivity contribution in [1.82, 2.24) is 14.6 Å². The van der Waals surface area contributed by atoms with Gasteiger partial charge < -0.3 is 15.2 Å². The molecule has 0 aliphatic heterocycles. The van der Waals surface area contributed by atoms with E-state index in [2.05, 4.69) is 10.1 Å². The molecular formula is C14H10N4O6. The van der Waals surface area contributed by atoms with Crippen molar-refractivity contribution in [2.24, 2.45) is 0 Å². The number of nitro groups is 1. The van der Waals surface area contributed by atoms with E-state index in [1.165, 1.54) is 24.3 Å². The van der Waals surface area contributed by atoms with Gasteiger partial charge in [-0.2, -0.15) is 9.61 Å². The topological polar surface area (TPSA) is 151 Å². The second-order valence-electron chi connectivity index (χ2n) is 4.98. The SMILES string of the molecule is O=C(O)c1cnn2c(O)c(Cc3ccc([N+](=O)[O-])cc3)c(=O)[nH]c12. The molecule has 0 bridgehead atoms. The summed E-state index contributed by atoms with van der Waals surface area (Å²) < 4.78 is 0.922. The van der Waals surface area contributed by atoms with Gasteiger partial charge in [-0.25, -0.2) is 4.79 Å². The predicted octanol–water partition coefficient (Wildman–Crippen LogP) is 0.925. The second kappa shape index (κ2) is 5.50. The van der Waals surface area contributed by atoms with Gasteiger partial charge in [0, 0.05) is 18.6 Å². The monoisotopic (exact) mass is 330 g/mol. The number of hydrogen-bond donors (Lipinski definition) is 3. The molecule has 3 aromatic rings. The lowest BCUT2D eigenvalue weighted by Crippen LogP contribution is -2.17. The zero-order valence-corrected chi connectivity index (χ0v) is 12.0. The Hall–Kier alpha value is -3.69. The standard InChI is InChI=1S/C14H10N4O6/c19-12-9(5-7-1-3-8(4-2-7)18(23)24)13(20)17-11(16-12)10(6-15-17)14(21)22/h1-4,6,20H,5H2,(H,16,19)(H,21,22). The largest absolute Gasteiger partial charge is 0.493 e. The highest BCUT2D eigenvalue weighted by molar-refractivity contribution is 5.94. The minimum absolute atomic E-state index is 0.00261. The summed E-state index contributed by atoms with van der Waals surface area (Å²) in [5.74, 6) is -1.78. The Morgan fingerprint density at radius 1 is 1.33 bits per heavy atom. The first-order valence-electron chi connectivity index (χ1n) is 6.67. The first kappa shape index (κ1) is 15.2. The fraction of sp³-hybridized carbons (Fsp3) is 0.0714. The van der Waals surface area contributed by atoms with Crippen LogP contribution in [0.3, 0.4) is 0 Å². The number of aromatic carboxylic acids is 1. The summed E-state index contributed by atoms with van der Waals surface area (Å²) in [5, 5.41) is 33.6. The minimum Gasteiger partial charge on any atom is -0.493 e. The van der Waals surface area contributed by atoms with E-state index in [-0.39, 0.29) is 28.9 Å². The maximum atomic E-state index is 12.1. The lowest BCUT2D eigenvalue weighted by atomic mass is 10.1. The zero-order valence-electron chi connectivity index (χ0n) is 12.0. The van der Waals surface area contributed by atoms with Gasteiger partial charge in [0.25, 0.3) is 11.2 Å². The van der Waals surface area contributed by atoms with E-state index >= 15 is 0 Å². The lowest BCUT2D eigenvalue weighted by Gasteiger charge is -2.06. The second-order valence-corrected chi connectivity index (χ2v) is 4.98. The van der Waals surface area contributed by atoms with Crippen LogP contribution in [0.25, 0.3) is 5.65 Å². The van der Waals surface area contributed by atoms with E-state index in [9.17, 15) is 24.8 Å². The average Bonchev–Trinajstić information content (AvgIpc) is 2.96. The van der Waals surface area contributed by atoms with Crippen molar-refractivity contribution in [1.29, 1.82) is 0 Å². The first-order chi connectivity index (χ1) is 11.4. The number of non-ortho nitro benzene ring substituents is 1. The number of carbonyl (C=O) groups is 1.